The highest BCUT2D eigenvalue weighted by atomic mass is 16.5. The second kappa shape index (κ2) is 6.10. The van der Waals surface area contributed by atoms with Crippen molar-refractivity contribution < 1.29 is 4.74 Å². The number of para-hydroxylation sites is 1. The van der Waals surface area contributed by atoms with Crippen molar-refractivity contribution in [2.75, 3.05) is 11.9 Å². The minimum absolute atomic E-state index is 0.496. The molecule has 0 heterocycles. The maximum Gasteiger partial charge on any atom is 0.0736 e. The van der Waals surface area contributed by atoms with E-state index in [0.29, 0.717) is 12.6 Å². The smallest absolute Gasteiger partial charge is 0.0736 e. The molecule has 2 heteroatoms. The summed E-state index contributed by atoms with van der Waals surface area (Å²) in [7, 11) is 0. The molecule has 0 atom stereocenters. The lowest BCUT2D eigenvalue weighted by atomic mass is 10.1. The number of fused-ring (bicyclic) bond motifs is 1. The second-order valence-corrected chi connectivity index (χ2v) is 5.31. The molecule has 0 saturated carbocycles. The molecule has 1 aliphatic carbocycles. The van der Waals surface area contributed by atoms with Crippen LogP contribution in [-0.2, 0) is 24.2 Å². The molecule has 1 aliphatic rings. The zero-order valence-electron chi connectivity index (χ0n) is 11.9. The summed E-state index contributed by atoms with van der Waals surface area (Å²) in [4.78, 5) is 0. The van der Waals surface area contributed by atoms with Gasteiger partial charge in [-0.05, 0) is 37.0 Å². The maximum atomic E-state index is 5.55. The molecule has 0 fully saturated rings. The summed E-state index contributed by atoms with van der Waals surface area (Å²) in [5.74, 6) is 0. The van der Waals surface area contributed by atoms with E-state index < -0.39 is 0 Å². The fourth-order valence-corrected chi connectivity index (χ4v) is 2.88. The van der Waals surface area contributed by atoms with Crippen LogP contribution in [0.25, 0.3) is 0 Å². The van der Waals surface area contributed by atoms with Gasteiger partial charge < -0.3 is 10.1 Å². The summed E-state index contributed by atoms with van der Waals surface area (Å²) in [6.07, 6.45) is 2.22. The lowest BCUT2D eigenvalue weighted by Crippen LogP contribution is -2.20. The van der Waals surface area contributed by atoms with E-state index in [1.807, 2.05) is 6.92 Å². The zero-order chi connectivity index (χ0) is 13.8. The Morgan fingerprint density at radius 2 is 1.65 bits per heavy atom. The van der Waals surface area contributed by atoms with Crippen molar-refractivity contribution in [1.82, 2.24) is 0 Å². The van der Waals surface area contributed by atoms with Crippen LogP contribution in [0.1, 0.15) is 23.6 Å². The number of anilines is 1. The average Bonchev–Trinajstić information content (AvgIpc) is 2.88. The van der Waals surface area contributed by atoms with E-state index in [1.165, 1.54) is 22.4 Å². The van der Waals surface area contributed by atoms with Crippen molar-refractivity contribution >= 4 is 5.69 Å². The molecule has 2 nitrogen and oxygen atoms in total. The fourth-order valence-electron chi connectivity index (χ4n) is 2.88. The van der Waals surface area contributed by atoms with Crippen LogP contribution in [0.4, 0.5) is 5.69 Å². The molecule has 0 saturated heterocycles. The Labute approximate surface area is 120 Å². The van der Waals surface area contributed by atoms with Crippen LogP contribution in [0.5, 0.6) is 0 Å². The number of hydrogen-bond acceptors (Lipinski definition) is 2. The highest BCUT2D eigenvalue weighted by molar-refractivity contribution is 5.53. The van der Waals surface area contributed by atoms with Gasteiger partial charge in [-0.1, -0.05) is 42.5 Å². The van der Waals surface area contributed by atoms with Crippen molar-refractivity contribution in [2.45, 2.75) is 32.4 Å². The van der Waals surface area contributed by atoms with Crippen molar-refractivity contribution in [3.8, 4) is 0 Å². The van der Waals surface area contributed by atoms with E-state index in [0.717, 1.165) is 19.4 Å². The molecule has 2 aromatic rings. The molecule has 0 aromatic heterocycles. The Balaban J connectivity index is 1.70. The lowest BCUT2D eigenvalue weighted by Gasteiger charge is -2.17. The Kier molecular flexibility index (Phi) is 4.03. The van der Waals surface area contributed by atoms with Gasteiger partial charge in [0.1, 0.15) is 0 Å². The summed E-state index contributed by atoms with van der Waals surface area (Å²) in [5, 5.41) is 3.69. The summed E-state index contributed by atoms with van der Waals surface area (Å²) in [6.45, 7) is 3.46. The molecule has 104 valence electrons. The van der Waals surface area contributed by atoms with E-state index in [9.17, 15) is 0 Å². The normalized spacial score (nSPS) is 14.2. The number of ether oxygens (including phenoxy) is 1. The minimum Gasteiger partial charge on any atom is -0.381 e. The monoisotopic (exact) mass is 267 g/mol. The molecular formula is C18H21NO. The summed E-state index contributed by atoms with van der Waals surface area (Å²) < 4.78 is 5.55. The Bertz CT molecular complexity index is 554. The van der Waals surface area contributed by atoms with Gasteiger partial charge in [0.05, 0.1) is 6.61 Å². The van der Waals surface area contributed by atoms with Gasteiger partial charge in [-0.15, -0.1) is 0 Å². The summed E-state index contributed by atoms with van der Waals surface area (Å²) in [5.41, 5.74) is 5.41. The third kappa shape index (κ3) is 2.86. The first kappa shape index (κ1) is 13.2. The van der Waals surface area contributed by atoms with Crippen LogP contribution in [0.15, 0.2) is 48.5 Å². The SMILES string of the molecule is CCOCc1ccccc1NC1Cc2ccccc2C1. The van der Waals surface area contributed by atoms with E-state index in [2.05, 4.69) is 53.8 Å². The molecule has 1 N–H and O–H groups in total. The summed E-state index contributed by atoms with van der Waals surface area (Å²) >= 11 is 0. The summed E-state index contributed by atoms with van der Waals surface area (Å²) in [6, 6.07) is 17.7. The van der Waals surface area contributed by atoms with Crippen molar-refractivity contribution in [2.24, 2.45) is 0 Å². The molecule has 3 rings (SSSR count). The Morgan fingerprint density at radius 1 is 1.00 bits per heavy atom. The first-order valence-corrected chi connectivity index (χ1v) is 7.35. The second-order valence-electron chi connectivity index (χ2n) is 5.31. The van der Waals surface area contributed by atoms with Gasteiger partial charge in [0.25, 0.3) is 0 Å². The predicted octanol–water partition coefficient (Wildman–Crippen LogP) is 3.80. The molecule has 0 unspecified atom stereocenters. The van der Waals surface area contributed by atoms with Crippen molar-refractivity contribution in [1.29, 1.82) is 0 Å². The minimum atomic E-state index is 0.496. The third-order valence-corrected chi connectivity index (χ3v) is 3.89. The third-order valence-electron chi connectivity index (χ3n) is 3.89. The van der Waals surface area contributed by atoms with Crippen LogP contribution >= 0.6 is 0 Å². The lowest BCUT2D eigenvalue weighted by molar-refractivity contribution is 0.134. The first-order chi connectivity index (χ1) is 9.86. The van der Waals surface area contributed by atoms with Crippen LogP contribution < -0.4 is 5.32 Å². The van der Waals surface area contributed by atoms with Crippen LogP contribution in [-0.4, -0.2) is 12.6 Å². The zero-order valence-corrected chi connectivity index (χ0v) is 11.9. The molecule has 0 aliphatic heterocycles. The molecular weight excluding hydrogens is 246 g/mol. The molecule has 0 spiro atoms. The van der Waals surface area contributed by atoms with Crippen LogP contribution in [0.3, 0.4) is 0 Å². The van der Waals surface area contributed by atoms with Gasteiger partial charge in [0.15, 0.2) is 0 Å². The van der Waals surface area contributed by atoms with Gasteiger partial charge in [0, 0.05) is 23.9 Å². The Morgan fingerprint density at radius 3 is 2.35 bits per heavy atom. The van der Waals surface area contributed by atoms with Gasteiger partial charge >= 0.3 is 0 Å². The van der Waals surface area contributed by atoms with Gasteiger partial charge in [-0.3, -0.25) is 0 Å². The molecule has 2 aromatic carbocycles. The highest BCUT2D eigenvalue weighted by Crippen LogP contribution is 2.26. The number of nitrogens with one attached hydrogen (secondary N) is 1. The van der Waals surface area contributed by atoms with Gasteiger partial charge in [-0.25, -0.2) is 0 Å². The van der Waals surface area contributed by atoms with Crippen molar-refractivity contribution in [3.05, 3.63) is 65.2 Å². The molecule has 0 amide bonds. The standard InChI is InChI=1S/C18H21NO/c1-2-20-13-16-9-5-6-10-18(16)19-17-11-14-7-3-4-8-15(14)12-17/h3-10,17,19H,2,11-13H2,1H3. The molecule has 0 radical (unpaired) electrons. The first-order valence-electron chi connectivity index (χ1n) is 7.35. The maximum absolute atomic E-state index is 5.55. The molecule has 0 bridgehead atoms. The molecule has 20 heavy (non-hydrogen) atoms. The van der Waals surface area contributed by atoms with Gasteiger partial charge in [-0.2, -0.15) is 0 Å². The van der Waals surface area contributed by atoms with Crippen LogP contribution in [0, 0.1) is 0 Å². The fraction of sp³-hybridized carbons (Fsp3) is 0.333. The van der Waals surface area contributed by atoms with E-state index in [4.69, 9.17) is 4.74 Å². The average molecular weight is 267 g/mol. The van der Waals surface area contributed by atoms with Crippen LogP contribution in [0.2, 0.25) is 0 Å². The van der Waals surface area contributed by atoms with E-state index in [-0.39, 0.29) is 0 Å². The predicted molar refractivity (Wildman–Crippen MR) is 83.0 cm³/mol. The Hall–Kier alpha value is -1.80. The van der Waals surface area contributed by atoms with Gasteiger partial charge in [0.2, 0.25) is 0 Å². The van der Waals surface area contributed by atoms with E-state index >= 15 is 0 Å². The number of benzene rings is 2. The number of hydrogen-bond donors (Lipinski definition) is 1. The topological polar surface area (TPSA) is 21.3 Å². The van der Waals surface area contributed by atoms with E-state index in [1.54, 1.807) is 0 Å². The largest absolute Gasteiger partial charge is 0.381 e. The highest BCUT2D eigenvalue weighted by Gasteiger charge is 2.21. The number of rotatable bonds is 5. The quantitative estimate of drug-likeness (QED) is 0.889. The van der Waals surface area contributed by atoms with Crippen molar-refractivity contribution in [3.63, 3.8) is 0 Å².